The van der Waals surface area contributed by atoms with E-state index in [9.17, 15) is 4.79 Å². The van der Waals surface area contributed by atoms with Gasteiger partial charge in [0.05, 0.1) is 12.4 Å². The van der Waals surface area contributed by atoms with E-state index < -0.39 is 0 Å². The average Bonchev–Trinajstić information content (AvgIpc) is 3.07. The molecule has 0 spiro atoms. The second kappa shape index (κ2) is 7.21. The first-order chi connectivity index (χ1) is 12.0. The summed E-state index contributed by atoms with van der Waals surface area (Å²) in [5.74, 6) is 1.87. The second-order valence-electron chi connectivity index (χ2n) is 5.91. The van der Waals surface area contributed by atoms with Crippen molar-refractivity contribution in [3.63, 3.8) is 0 Å². The maximum atomic E-state index is 11.3. The fraction of sp³-hybridized carbons (Fsp3) is 0.278. The number of carbonyl (C=O) groups excluding carboxylic acids is 1. The number of aromatic nitrogens is 3. The van der Waals surface area contributed by atoms with Crippen LogP contribution in [-0.4, -0.2) is 52.9 Å². The van der Waals surface area contributed by atoms with Crippen molar-refractivity contribution >= 4 is 22.6 Å². The molecule has 130 valence electrons. The molecule has 1 amide bonds. The Morgan fingerprint density at radius 2 is 2.04 bits per heavy atom. The topological polar surface area (TPSA) is 74.3 Å². The first-order valence-electron chi connectivity index (χ1n) is 8.03. The molecule has 0 unspecified atom stereocenters. The Labute approximate surface area is 146 Å². The minimum Gasteiger partial charge on any atom is -0.437 e. The van der Waals surface area contributed by atoms with Gasteiger partial charge in [0.1, 0.15) is 5.75 Å². The molecule has 1 N–H and O–H groups in total. The van der Waals surface area contributed by atoms with Crippen LogP contribution in [0.25, 0.3) is 10.9 Å². The van der Waals surface area contributed by atoms with Crippen molar-refractivity contribution in [2.75, 3.05) is 32.1 Å². The van der Waals surface area contributed by atoms with Gasteiger partial charge in [0.2, 0.25) is 11.8 Å². The van der Waals surface area contributed by atoms with Crippen molar-refractivity contribution in [3.8, 4) is 11.6 Å². The molecule has 0 aliphatic carbocycles. The molecule has 0 radical (unpaired) electrons. The van der Waals surface area contributed by atoms with Crippen LogP contribution in [-0.2, 0) is 4.79 Å². The van der Waals surface area contributed by atoms with Crippen LogP contribution in [0.2, 0.25) is 0 Å². The first kappa shape index (κ1) is 16.8. The third kappa shape index (κ3) is 4.06. The summed E-state index contributed by atoms with van der Waals surface area (Å²) in [7, 11) is 3.69. The molecule has 0 aliphatic heterocycles. The summed E-state index contributed by atoms with van der Waals surface area (Å²) in [5.41, 5.74) is 1.06. The molecule has 2 heterocycles. The van der Waals surface area contributed by atoms with Crippen molar-refractivity contribution in [1.82, 2.24) is 19.9 Å². The van der Waals surface area contributed by atoms with Crippen LogP contribution in [0, 0.1) is 0 Å². The molecule has 2 aromatic heterocycles. The Balaban J connectivity index is 1.69. The van der Waals surface area contributed by atoms with Crippen LogP contribution >= 0.6 is 0 Å². The average molecular weight is 339 g/mol. The zero-order valence-corrected chi connectivity index (χ0v) is 14.6. The van der Waals surface area contributed by atoms with Crippen molar-refractivity contribution < 1.29 is 9.53 Å². The lowest BCUT2D eigenvalue weighted by Crippen LogP contribution is -2.33. The number of rotatable bonds is 6. The molecule has 0 aliphatic rings. The molecule has 3 aromatic rings. The van der Waals surface area contributed by atoms with Gasteiger partial charge in [0, 0.05) is 51.2 Å². The summed E-state index contributed by atoms with van der Waals surface area (Å²) < 4.78 is 5.83. The SMILES string of the molecule is CC(=O)N(C)CCN(C)c1cncc(Oc2ccc3[nH]ccc3c2)n1. The molecule has 25 heavy (non-hydrogen) atoms. The third-order valence-electron chi connectivity index (χ3n) is 4.05. The van der Waals surface area contributed by atoms with Crippen molar-refractivity contribution in [2.24, 2.45) is 0 Å². The van der Waals surface area contributed by atoms with Gasteiger partial charge in [-0.05, 0) is 24.3 Å². The molecule has 1 aromatic carbocycles. The van der Waals surface area contributed by atoms with Crippen LogP contribution in [0.3, 0.4) is 0 Å². The van der Waals surface area contributed by atoms with Gasteiger partial charge in [-0.15, -0.1) is 0 Å². The number of nitrogens with zero attached hydrogens (tertiary/aromatic N) is 4. The summed E-state index contributed by atoms with van der Waals surface area (Å²) in [6, 6.07) is 7.79. The predicted molar refractivity (Wildman–Crippen MR) is 97.0 cm³/mol. The van der Waals surface area contributed by atoms with Crippen LogP contribution < -0.4 is 9.64 Å². The van der Waals surface area contributed by atoms with E-state index in [1.54, 1.807) is 31.3 Å². The number of amides is 1. The summed E-state index contributed by atoms with van der Waals surface area (Å²) >= 11 is 0. The van der Waals surface area contributed by atoms with Gasteiger partial charge < -0.3 is 19.5 Å². The van der Waals surface area contributed by atoms with Crippen molar-refractivity contribution in [1.29, 1.82) is 0 Å². The summed E-state index contributed by atoms with van der Waals surface area (Å²) in [5, 5.41) is 1.08. The van der Waals surface area contributed by atoms with Crippen LogP contribution in [0.4, 0.5) is 5.82 Å². The van der Waals surface area contributed by atoms with Gasteiger partial charge in [0.15, 0.2) is 5.82 Å². The largest absolute Gasteiger partial charge is 0.437 e. The molecule has 0 fully saturated rings. The lowest BCUT2D eigenvalue weighted by Gasteiger charge is -2.22. The first-order valence-corrected chi connectivity index (χ1v) is 8.03. The summed E-state index contributed by atoms with van der Waals surface area (Å²) in [6.45, 7) is 2.82. The monoisotopic (exact) mass is 339 g/mol. The molecule has 7 heteroatoms. The number of hydrogen-bond donors (Lipinski definition) is 1. The molecule has 0 atom stereocenters. The van der Waals surface area contributed by atoms with Crippen molar-refractivity contribution in [2.45, 2.75) is 6.92 Å². The second-order valence-corrected chi connectivity index (χ2v) is 5.91. The van der Waals surface area contributed by atoms with E-state index in [-0.39, 0.29) is 5.91 Å². The fourth-order valence-electron chi connectivity index (χ4n) is 2.36. The number of hydrogen-bond acceptors (Lipinski definition) is 5. The molecular formula is C18H21N5O2. The van der Waals surface area contributed by atoms with E-state index in [2.05, 4.69) is 15.0 Å². The highest BCUT2D eigenvalue weighted by Crippen LogP contribution is 2.24. The highest BCUT2D eigenvalue weighted by molar-refractivity contribution is 5.80. The third-order valence-corrected chi connectivity index (χ3v) is 4.05. The molecule has 0 bridgehead atoms. The maximum absolute atomic E-state index is 11.3. The lowest BCUT2D eigenvalue weighted by molar-refractivity contribution is -0.127. The van der Waals surface area contributed by atoms with Crippen LogP contribution in [0.5, 0.6) is 11.6 Å². The van der Waals surface area contributed by atoms with E-state index in [0.29, 0.717) is 30.5 Å². The van der Waals surface area contributed by atoms with Gasteiger partial charge in [0.25, 0.3) is 0 Å². The lowest BCUT2D eigenvalue weighted by atomic mass is 10.2. The van der Waals surface area contributed by atoms with E-state index in [1.165, 1.54) is 0 Å². The number of carbonyl (C=O) groups is 1. The Morgan fingerprint density at radius 3 is 2.84 bits per heavy atom. The minimum atomic E-state index is 0.0386. The zero-order chi connectivity index (χ0) is 17.8. The maximum Gasteiger partial charge on any atom is 0.239 e. The molecular weight excluding hydrogens is 318 g/mol. The van der Waals surface area contributed by atoms with E-state index in [0.717, 1.165) is 10.9 Å². The number of anilines is 1. The Morgan fingerprint density at radius 1 is 1.20 bits per heavy atom. The van der Waals surface area contributed by atoms with Gasteiger partial charge in [-0.2, -0.15) is 4.98 Å². The number of nitrogens with one attached hydrogen (secondary N) is 1. The number of ether oxygens (including phenoxy) is 1. The summed E-state index contributed by atoms with van der Waals surface area (Å²) in [6.07, 6.45) is 5.15. The van der Waals surface area contributed by atoms with Gasteiger partial charge in [-0.25, -0.2) is 0 Å². The Kier molecular flexibility index (Phi) is 4.83. The Hall–Kier alpha value is -3.09. The normalized spacial score (nSPS) is 10.7. The predicted octanol–water partition coefficient (Wildman–Crippen LogP) is 2.66. The molecule has 3 rings (SSSR count). The zero-order valence-electron chi connectivity index (χ0n) is 14.6. The molecule has 0 saturated heterocycles. The fourth-order valence-corrected chi connectivity index (χ4v) is 2.36. The Bertz CT molecular complexity index is 877. The number of likely N-dealkylation sites (N-methyl/N-ethyl adjacent to an activating group) is 2. The number of fused-ring (bicyclic) bond motifs is 1. The number of benzene rings is 1. The highest BCUT2D eigenvalue weighted by Gasteiger charge is 2.09. The van der Waals surface area contributed by atoms with Gasteiger partial charge in [-0.1, -0.05) is 0 Å². The summed E-state index contributed by atoms with van der Waals surface area (Å²) in [4.78, 5) is 26.7. The van der Waals surface area contributed by atoms with Crippen LogP contribution in [0.15, 0.2) is 42.9 Å². The van der Waals surface area contributed by atoms with E-state index in [1.807, 2.05) is 42.4 Å². The van der Waals surface area contributed by atoms with E-state index >= 15 is 0 Å². The number of aromatic amines is 1. The van der Waals surface area contributed by atoms with Gasteiger partial charge >= 0.3 is 0 Å². The number of H-pyrrole nitrogens is 1. The standard InChI is InChI=1S/C18H21N5O2/c1-13(24)22(2)8-9-23(3)17-11-19-12-18(21-17)25-15-4-5-16-14(10-15)6-7-20-16/h4-7,10-12,20H,8-9H2,1-3H3. The minimum absolute atomic E-state index is 0.0386. The van der Waals surface area contributed by atoms with Crippen LogP contribution in [0.1, 0.15) is 6.92 Å². The smallest absolute Gasteiger partial charge is 0.239 e. The highest BCUT2D eigenvalue weighted by atomic mass is 16.5. The molecule has 7 nitrogen and oxygen atoms in total. The van der Waals surface area contributed by atoms with Gasteiger partial charge in [-0.3, -0.25) is 9.78 Å². The van der Waals surface area contributed by atoms with Crippen molar-refractivity contribution in [3.05, 3.63) is 42.9 Å². The molecule has 0 saturated carbocycles. The quantitative estimate of drug-likeness (QED) is 0.747. The van der Waals surface area contributed by atoms with E-state index in [4.69, 9.17) is 4.74 Å².